The minimum atomic E-state index is 0.200. The van der Waals surface area contributed by atoms with E-state index in [0.29, 0.717) is 23.9 Å². The fourth-order valence-corrected chi connectivity index (χ4v) is 2.67. The van der Waals surface area contributed by atoms with Gasteiger partial charge in [-0.05, 0) is 43.4 Å². The topological polar surface area (TPSA) is 59.7 Å². The fourth-order valence-electron chi connectivity index (χ4n) is 2.51. The van der Waals surface area contributed by atoms with E-state index in [1.165, 1.54) is 6.42 Å². The summed E-state index contributed by atoms with van der Waals surface area (Å²) < 4.78 is 1.59. The first-order chi connectivity index (χ1) is 9.63. The second-order valence-corrected chi connectivity index (χ2v) is 5.68. The molecule has 0 spiro atoms. The third-order valence-electron chi connectivity index (χ3n) is 3.67. The molecule has 1 aliphatic rings. The van der Waals surface area contributed by atoms with Gasteiger partial charge in [0.25, 0.3) is 5.95 Å². The third-order valence-corrected chi connectivity index (χ3v) is 3.84. The lowest BCUT2D eigenvalue weighted by atomic mass is 9.95. The second kappa shape index (κ2) is 5.36. The Morgan fingerprint density at radius 1 is 1.15 bits per heavy atom. The molecule has 3 rings (SSSR count). The SMILES string of the molecule is CC1CCC(C)N(c2nc(Cl)nc(-n3cccn3)n2)C1. The zero-order valence-corrected chi connectivity index (χ0v) is 12.3. The van der Waals surface area contributed by atoms with Crippen LogP contribution in [0, 0.1) is 5.92 Å². The van der Waals surface area contributed by atoms with E-state index < -0.39 is 0 Å². The van der Waals surface area contributed by atoms with Crippen LogP contribution < -0.4 is 4.90 Å². The van der Waals surface area contributed by atoms with Crippen molar-refractivity contribution in [3.8, 4) is 5.95 Å². The number of anilines is 1. The normalized spacial score (nSPS) is 23.1. The van der Waals surface area contributed by atoms with Gasteiger partial charge in [-0.1, -0.05) is 6.92 Å². The summed E-state index contributed by atoms with van der Waals surface area (Å²) in [6.07, 6.45) is 5.85. The lowest BCUT2D eigenvalue weighted by molar-refractivity contribution is 0.385. The average molecular weight is 293 g/mol. The summed E-state index contributed by atoms with van der Waals surface area (Å²) in [5, 5.41) is 4.33. The molecule has 0 N–H and O–H groups in total. The van der Waals surface area contributed by atoms with Crippen molar-refractivity contribution in [3.05, 3.63) is 23.7 Å². The van der Waals surface area contributed by atoms with Crippen molar-refractivity contribution >= 4 is 17.5 Å². The molecule has 2 aromatic heterocycles. The van der Waals surface area contributed by atoms with Crippen LogP contribution in [0.4, 0.5) is 5.95 Å². The molecule has 2 atom stereocenters. The summed E-state index contributed by atoms with van der Waals surface area (Å²) in [6.45, 7) is 5.38. The lowest BCUT2D eigenvalue weighted by Gasteiger charge is -2.36. The van der Waals surface area contributed by atoms with Gasteiger partial charge in [-0.3, -0.25) is 0 Å². The van der Waals surface area contributed by atoms with Gasteiger partial charge in [-0.2, -0.15) is 20.1 Å². The number of hydrogen-bond donors (Lipinski definition) is 0. The van der Waals surface area contributed by atoms with E-state index in [1.807, 2.05) is 6.07 Å². The average Bonchev–Trinajstić information content (AvgIpc) is 2.95. The minimum Gasteiger partial charge on any atom is -0.338 e. The van der Waals surface area contributed by atoms with E-state index in [9.17, 15) is 0 Å². The summed E-state index contributed by atoms with van der Waals surface area (Å²) in [5.41, 5.74) is 0. The molecule has 1 saturated heterocycles. The summed E-state index contributed by atoms with van der Waals surface area (Å²) in [5.74, 6) is 1.72. The molecule has 0 aliphatic carbocycles. The van der Waals surface area contributed by atoms with Crippen LogP contribution in [-0.2, 0) is 0 Å². The van der Waals surface area contributed by atoms with Gasteiger partial charge in [0.15, 0.2) is 0 Å². The Balaban J connectivity index is 1.97. The number of rotatable bonds is 2. The van der Waals surface area contributed by atoms with Crippen molar-refractivity contribution in [2.24, 2.45) is 5.92 Å². The molecular formula is C13H17ClN6. The van der Waals surface area contributed by atoms with Crippen molar-refractivity contribution in [1.82, 2.24) is 24.7 Å². The fraction of sp³-hybridized carbons (Fsp3) is 0.538. The van der Waals surface area contributed by atoms with E-state index in [0.717, 1.165) is 13.0 Å². The number of nitrogens with zero attached hydrogens (tertiary/aromatic N) is 6. The first-order valence-corrected chi connectivity index (χ1v) is 7.19. The van der Waals surface area contributed by atoms with Crippen LogP contribution in [0.25, 0.3) is 5.95 Å². The molecule has 0 saturated carbocycles. The molecule has 0 bridgehead atoms. The Kier molecular flexibility index (Phi) is 3.56. The molecule has 7 heteroatoms. The highest BCUT2D eigenvalue weighted by atomic mass is 35.5. The molecule has 0 aromatic carbocycles. The highest BCUT2D eigenvalue weighted by Gasteiger charge is 2.26. The predicted octanol–water partition coefficient (Wildman–Crippen LogP) is 2.34. The van der Waals surface area contributed by atoms with Crippen LogP contribution >= 0.6 is 11.6 Å². The predicted molar refractivity (Wildman–Crippen MR) is 77.2 cm³/mol. The van der Waals surface area contributed by atoms with Gasteiger partial charge in [0.05, 0.1) is 0 Å². The summed E-state index contributed by atoms with van der Waals surface area (Å²) in [7, 11) is 0. The Bertz CT molecular complexity index is 585. The Morgan fingerprint density at radius 2 is 1.95 bits per heavy atom. The van der Waals surface area contributed by atoms with Gasteiger partial charge in [0.1, 0.15) is 0 Å². The third kappa shape index (κ3) is 2.60. The highest BCUT2D eigenvalue weighted by Crippen LogP contribution is 2.25. The van der Waals surface area contributed by atoms with E-state index in [2.05, 4.69) is 38.8 Å². The first-order valence-electron chi connectivity index (χ1n) is 6.81. The van der Waals surface area contributed by atoms with Crippen molar-refractivity contribution in [2.45, 2.75) is 32.7 Å². The molecule has 0 radical (unpaired) electrons. The van der Waals surface area contributed by atoms with E-state index >= 15 is 0 Å². The van der Waals surface area contributed by atoms with Crippen molar-refractivity contribution in [1.29, 1.82) is 0 Å². The number of hydrogen-bond acceptors (Lipinski definition) is 5. The second-order valence-electron chi connectivity index (χ2n) is 5.34. The van der Waals surface area contributed by atoms with Crippen LogP contribution in [0.5, 0.6) is 0 Å². The zero-order valence-electron chi connectivity index (χ0n) is 11.6. The largest absolute Gasteiger partial charge is 0.338 e. The molecule has 0 amide bonds. The van der Waals surface area contributed by atoms with Crippen LogP contribution in [0.1, 0.15) is 26.7 Å². The van der Waals surface area contributed by atoms with Gasteiger partial charge in [0.2, 0.25) is 11.2 Å². The smallest absolute Gasteiger partial charge is 0.256 e. The van der Waals surface area contributed by atoms with Crippen LogP contribution in [0.3, 0.4) is 0 Å². The Morgan fingerprint density at radius 3 is 2.70 bits per heavy atom. The van der Waals surface area contributed by atoms with Gasteiger partial charge in [-0.25, -0.2) is 4.68 Å². The van der Waals surface area contributed by atoms with Gasteiger partial charge in [0, 0.05) is 25.0 Å². The summed E-state index contributed by atoms with van der Waals surface area (Å²) in [6, 6.07) is 2.23. The summed E-state index contributed by atoms with van der Waals surface area (Å²) in [4.78, 5) is 15.1. The number of aromatic nitrogens is 5. The van der Waals surface area contributed by atoms with Gasteiger partial charge >= 0.3 is 0 Å². The molecule has 2 unspecified atom stereocenters. The maximum Gasteiger partial charge on any atom is 0.256 e. The summed E-state index contributed by atoms with van der Waals surface area (Å²) >= 11 is 6.04. The molecule has 2 aromatic rings. The quantitative estimate of drug-likeness (QED) is 0.850. The van der Waals surface area contributed by atoms with E-state index in [1.54, 1.807) is 17.1 Å². The van der Waals surface area contributed by atoms with Crippen molar-refractivity contribution < 1.29 is 0 Å². The van der Waals surface area contributed by atoms with Crippen molar-refractivity contribution in [2.75, 3.05) is 11.4 Å². The van der Waals surface area contributed by atoms with Crippen LogP contribution in [0.15, 0.2) is 18.5 Å². The number of halogens is 1. The standard InChI is InChI=1S/C13H17ClN6/c1-9-4-5-10(2)19(8-9)12-16-11(14)17-13(18-12)20-7-3-6-15-20/h3,6-7,9-10H,4-5,8H2,1-2H3. The number of piperidine rings is 1. The molecular weight excluding hydrogens is 276 g/mol. The molecule has 3 heterocycles. The minimum absolute atomic E-state index is 0.200. The lowest BCUT2D eigenvalue weighted by Crippen LogP contribution is -2.42. The highest BCUT2D eigenvalue weighted by molar-refractivity contribution is 6.28. The molecule has 106 valence electrons. The maximum absolute atomic E-state index is 6.04. The van der Waals surface area contributed by atoms with Gasteiger partial charge < -0.3 is 4.90 Å². The van der Waals surface area contributed by atoms with Crippen LogP contribution in [0.2, 0.25) is 5.28 Å². The Labute approximate surface area is 122 Å². The molecule has 1 fully saturated rings. The van der Waals surface area contributed by atoms with Crippen molar-refractivity contribution in [3.63, 3.8) is 0 Å². The first kappa shape index (κ1) is 13.3. The molecule has 20 heavy (non-hydrogen) atoms. The monoisotopic (exact) mass is 292 g/mol. The van der Waals surface area contributed by atoms with Crippen LogP contribution in [-0.4, -0.2) is 37.3 Å². The molecule has 1 aliphatic heterocycles. The zero-order chi connectivity index (χ0) is 14.1. The van der Waals surface area contributed by atoms with Gasteiger partial charge in [-0.15, -0.1) is 0 Å². The molecule has 6 nitrogen and oxygen atoms in total. The Hall–Kier alpha value is -1.69. The maximum atomic E-state index is 6.04. The van der Waals surface area contributed by atoms with E-state index in [-0.39, 0.29) is 5.28 Å². The van der Waals surface area contributed by atoms with E-state index in [4.69, 9.17) is 11.6 Å².